The molecule has 0 bridgehead atoms. The van der Waals surface area contributed by atoms with Crippen molar-refractivity contribution in [2.45, 2.75) is 12.7 Å². The predicted molar refractivity (Wildman–Crippen MR) is 50.7 cm³/mol. The summed E-state index contributed by atoms with van der Waals surface area (Å²) in [5, 5.41) is 19.3. The van der Waals surface area contributed by atoms with Crippen LogP contribution in [0.25, 0.3) is 0 Å². The molecule has 0 spiro atoms. The zero-order valence-corrected chi connectivity index (χ0v) is 8.28. The first-order valence-corrected chi connectivity index (χ1v) is 4.30. The van der Waals surface area contributed by atoms with Crippen molar-refractivity contribution in [3.8, 4) is 6.07 Å². The highest BCUT2D eigenvalue weighted by molar-refractivity contribution is 5.56. The molecular weight excluding hydrogens is 239 g/mol. The highest BCUT2D eigenvalue weighted by Gasteiger charge is 2.34. The predicted octanol–water partition coefficient (Wildman–Crippen LogP) is 1.94. The summed E-state index contributed by atoms with van der Waals surface area (Å²) in [5.41, 5.74) is 2.37. The summed E-state index contributed by atoms with van der Waals surface area (Å²) in [4.78, 5) is 9.72. The largest absolute Gasteiger partial charge is 0.416 e. The number of nitrogens with zero attached hydrogens (tertiary/aromatic N) is 2. The van der Waals surface area contributed by atoms with Gasteiger partial charge in [0.2, 0.25) is 0 Å². The second kappa shape index (κ2) is 4.39. The summed E-state index contributed by atoms with van der Waals surface area (Å²) in [6.07, 6.45) is -4.68. The van der Waals surface area contributed by atoms with Crippen LogP contribution in [0.15, 0.2) is 12.1 Å². The number of alkyl halides is 3. The second-order valence-corrected chi connectivity index (χ2v) is 3.10. The van der Waals surface area contributed by atoms with Crippen LogP contribution in [0.2, 0.25) is 0 Å². The Morgan fingerprint density at radius 3 is 2.41 bits per heavy atom. The van der Waals surface area contributed by atoms with Crippen molar-refractivity contribution in [3.63, 3.8) is 0 Å². The normalized spacial score (nSPS) is 11.0. The molecule has 0 atom stereocenters. The number of nitrogens with two attached hydrogens (primary N) is 1. The molecule has 0 aliphatic rings. The van der Waals surface area contributed by atoms with Gasteiger partial charge in [-0.25, -0.2) is 0 Å². The van der Waals surface area contributed by atoms with Crippen molar-refractivity contribution in [2.24, 2.45) is 5.73 Å². The molecule has 0 aliphatic heterocycles. The summed E-state index contributed by atoms with van der Waals surface area (Å²) in [5.74, 6) is 0. The van der Waals surface area contributed by atoms with Gasteiger partial charge in [-0.2, -0.15) is 18.4 Å². The molecule has 0 saturated heterocycles. The summed E-state index contributed by atoms with van der Waals surface area (Å²) in [6.45, 7) is -0.449. The Labute approximate surface area is 93.4 Å². The van der Waals surface area contributed by atoms with E-state index in [2.05, 4.69) is 0 Å². The molecule has 0 fully saturated rings. The number of nitro groups is 1. The first kappa shape index (κ1) is 12.9. The number of benzene rings is 1. The standard InChI is InChI=1S/C9H6F3N3O2/c10-9(11,12)7-1-5(3-13)8(15(16)17)6(2-7)4-14/h1-2H,3,13H2. The van der Waals surface area contributed by atoms with E-state index in [1.807, 2.05) is 0 Å². The van der Waals surface area contributed by atoms with E-state index in [-0.39, 0.29) is 5.56 Å². The zero-order valence-electron chi connectivity index (χ0n) is 8.28. The SMILES string of the molecule is N#Cc1cc(C(F)(F)F)cc(CN)c1[N+](=O)[O-]. The van der Waals surface area contributed by atoms with Gasteiger partial charge >= 0.3 is 6.18 Å². The minimum Gasteiger partial charge on any atom is -0.326 e. The quantitative estimate of drug-likeness (QED) is 0.636. The smallest absolute Gasteiger partial charge is 0.326 e. The van der Waals surface area contributed by atoms with E-state index < -0.39 is 34.5 Å². The Hall–Kier alpha value is -2.14. The average Bonchev–Trinajstić information content (AvgIpc) is 2.25. The van der Waals surface area contributed by atoms with Gasteiger partial charge < -0.3 is 5.73 Å². The fourth-order valence-electron chi connectivity index (χ4n) is 1.31. The summed E-state index contributed by atoms with van der Waals surface area (Å²) < 4.78 is 37.3. The molecule has 8 heteroatoms. The summed E-state index contributed by atoms with van der Waals surface area (Å²) in [7, 11) is 0. The van der Waals surface area contributed by atoms with Crippen molar-refractivity contribution in [1.29, 1.82) is 5.26 Å². The second-order valence-electron chi connectivity index (χ2n) is 3.10. The number of nitriles is 1. The van der Waals surface area contributed by atoms with Gasteiger partial charge in [-0.05, 0) is 12.1 Å². The minimum absolute atomic E-state index is 0.318. The number of hydrogen-bond acceptors (Lipinski definition) is 4. The first-order valence-electron chi connectivity index (χ1n) is 4.30. The summed E-state index contributed by atoms with van der Waals surface area (Å²) in [6, 6.07) is 2.39. The third-order valence-corrected chi connectivity index (χ3v) is 2.04. The number of hydrogen-bond donors (Lipinski definition) is 1. The zero-order chi connectivity index (χ0) is 13.2. The van der Waals surface area contributed by atoms with E-state index in [4.69, 9.17) is 11.0 Å². The molecule has 17 heavy (non-hydrogen) atoms. The molecular formula is C9H6F3N3O2. The molecule has 0 unspecified atom stereocenters. The van der Waals surface area contributed by atoms with Crippen LogP contribution in [0, 0.1) is 21.4 Å². The van der Waals surface area contributed by atoms with E-state index in [0.717, 1.165) is 0 Å². The van der Waals surface area contributed by atoms with E-state index in [1.165, 1.54) is 6.07 Å². The van der Waals surface area contributed by atoms with Gasteiger partial charge in [0.05, 0.1) is 10.5 Å². The van der Waals surface area contributed by atoms with E-state index in [1.54, 1.807) is 0 Å². The maximum absolute atomic E-state index is 12.4. The van der Waals surface area contributed by atoms with Crippen LogP contribution in [0.4, 0.5) is 18.9 Å². The lowest BCUT2D eigenvalue weighted by atomic mass is 10.0. The molecule has 0 aromatic heterocycles. The Morgan fingerprint density at radius 1 is 1.47 bits per heavy atom. The first-order chi connectivity index (χ1) is 7.81. The Kier molecular flexibility index (Phi) is 3.34. The Bertz CT molecular complexity index is 505. The molecule has 0 aliphatic carbocycles. The van der Waals surface area contributed by atoms with Crippen LogP contribution >= 0.6 is 0 Å². The van der Waals surface area contributed by atoms with Gasteiger partial charge in [0.15, 0.2) is 0 Å². The Morgan fingerprint density at radius 2 is 2.06 bits per heavy atom. The highest BCUT2D eigenvalue weighted by Crippen LogP contribution is 2.34. The van der Waals surface area contributed by atoms with Gasteiger partial charge in [-0.15, -0.1) is 0 Å². The molecule has 5 nitrogen and oxygen atoms in total. The van der Waals surface area contributed by atoms with Crippen LogP contribution in [0.5, 0.6) is 0 Å². The third-order valence-electron chi connectivity index (χ3n) is 2.04. The van der Waals surface area contributed by atoms with Crippen molar-refractivity contribution in [2.75, 3.05) is 0 Å². The molecule has 0 radical (unpaired) electrons. The van der Waals surface area contributed by atoms with E-state index >= 15 is 0 Å². The maximum atomic E-state index is 12.4. The molecule has 1 rings (SSSR count). The van der Waals surface area contributed by atoms with Crippen LogP contribution in [-0.4, -0.2) is 4.92 Å². The molecule has 1 aromatic carbocycles. The van der Waals surface area contributed by atoms with Crippen LogP contribution < -0.4 is 5.73 Å². The lowest BCUT2D eigenvalue weighted by molar-refractivity contribution is -0.385. The van der Waals surface area contributed by atoms with Gasteiger partial charge in [0, 0.05) is 12.1 Å². The van der Waals surface area contributed by atoms with Crippen molar-refractivity contribution < 1.29 is 18.1 Å². The Balaban J connectivity index is 3.58. The number of halogens is 3. The van der Waals surface area contributed by atoms with Crippen molar-refractivity contribution in [1.82, 2.24) is 0 Å². The monoisotopic (exact) mass is 245 g/mol. The van der Waals surface area contributed by atoms with E-state index in [9.17, 15) is 23.3 Å². The third kappa shape index (κ3) is 2.51. The van der Waals surface area contributed by atoms with Gasteiger partial charge in [0.25, 0.3) is 5.69 Å². The van der Waals surface area contributed by atoms with Gasteiger partial charge in [0.1, 0.15) is 11.6 Å². The maximum Gasteiger partial charge on any atom is 0.416 e. The molecule has 0 amide bonds. The topological polar surface area (TPSA) is 93.0 Å². The fraction of sp³-hybridized carbons (Fsp3) is 0.222. The number of nitro benzene ring substituents is 1. The van der Waals surface area contributed by atoms with Gasteiger partial charge in [-0.1, -0.05) is 0 Å². The lowest BCUT2D eigenvalue weighted by Gasteiger charge is -2.09. The van der Waals surface area contributed by atoms with Crippen molar-refractivity contribution >= 4 is 5.69 Å². The highest BCUT2D eigenvalue weighted by atomic mass is 19.4. The molecule has 1 aromatic rings. The fourth-order valence-corrected chi connectivity index (χ4v) is 1.31. The van der Waals surface area contributed by atoms with Crippen molar-refractivity contribution in [3.05, 3.63) is 38.9 Å². The number of rotatable bonds is 2. The summed E-state index contributed by atoms with van der Waals surface area (Å²) >= 11 is 0. The molecule has 0 saturated carbocycles. The molecule has 90 valence electrons. The van der Waals surface area contributed by atoms with Crippen LogP contribution in [0.1, 0.15) is 16.7 Å². The molecule has 2 N–H and O–H groups in total. The van der Waals surface area contributed by atoms with Crippen LogP contribution in [0.3, 0.4) is 0 Å². The lowest BCUT2D eigenvalue weighted by Crippen LogP contribution is -2.10. The average molecular weight is 245 g/mol. The van der Waals surface area contributed by atoms with E-state index in [0.29, 0.717) is 12.1 Å². The van der Waals surface area contributed by atoms with Gasteiger partial charge in [-0.3, -0.25) is 10.1 Å². The van der Waals surface area contributed by atoms with Crippen LogP contribution in [-0.2, 0) is 12.7 Å². The molecule has 0 heterocycles. The minimum atomic E-state index is -4.68.